The molecule has 1 atom stereocenters. The van der Waals surface area contributed by atoms with Gasteiger partial charge in [0, 0.05) is 44.8 Å². The van der Waals surface area contributed by atoms with Gasteiger partial charge in [0.05, 0.1) is 5.69 Å². The van der Waals surface area contributed by atoms with Crippen LogP contribution in [0, 0.1) is 19.8 Å². The van der Waals surface area contributed by atoms with Crippen molar-refractivity contribution in [2.75, 3.05) is 33.2 Å². The maximum Gasteiger partial charge on any atom is 0.191 e. The molecule has 140 valence electrons. The van der Waals surface area contributed by atoms with E-state index in [1.54, 1.807) is 0 Å². The second kappa shape index (κ2) is 8.70. The first-order chi connectivity index (χ1) is 12.2. The van der Waals surface area contributed by atoms with E-state index in [-0.39, 0.29) is 0 Å². The molecule has 2 heterocycles. The van der Waals surface area contributed by atoms with Crippen LogP contribution >= 0.6 is 0 Å². The van der Waals surface area contributed by atoms with Crippen molar-refractivity contribution in [1.82, 2.24) is 20.7 Å². The number of hydrogen-bond donors (Lipinski definition) is 2. The largest absolute Gasteiger partial charge is 0.361 e. The molecule has 1 aliphatic heterocycles. The zero-order valence-corrected chi connectivity index (χ0v) is 16.0. The molecule has 6 nitrogen and oxygen atoms in total. The molecule has 2 N–H and O–H groups in total. The minimum Gasteiger partial charge on any atom is -0.361 e. The van der Waals surface area contributed by atoms with Gasteiger partial charge < -0.3 is 20.1 Å². The van der Waals surface area contributed by atoms with Gasteiger partial charge in [-0.25, -0.2) is 0 Å². The Kier molecular flexibility index (Phi) is 6.34. The summed E-state index contributed by atoms with van der Waals surface area (Å²) in [6.45, 7) is 8.44. The van der Waals surface area contributed by atoms with Crippen molar-refractivity contribution in [2.24, 2.45) is 10.9 Å². The van der Waals surface area contributed by atoms with Gasteiger partial charge in [-0.1, -0.05) is 18.0 Å². The van der Waals surface area contributed by atoms with Crippen molar-refractivity contribution in [3.63, 3.8) is 0 Å². The van der Waals surface area contributed by atoms with Gasteiger partial charge in [0.1, 0.15) is 5.76 Å². The molecule has 0 amide bonds. The first-order valence-corrected chi connectivity index (χ1v) is 9.77. The van der Waals surface area contributed by atoms with Gasteiger partial charge in [0.25, 0.3) is 0 Å². The normalized spacial score (nSPS) is 22.7. The third-order valence-corrected chi connectivity index (χ3v) is 5.68. The molecule has 25 heavy (non-hydrogen) atoms. The number of hydrogen-bond acceptors (Lipinski definition) is 4. The smallest absolute Gasteiger partial charge is 0.191 e. The fourth-order valence-corrected chi connectivity index (χ4v) is 4.23. The molecule has 0 spiro atoms. The highest BCUT2D eigenvalue weighted by atomic mass is 16.5. The van der Waals surface area contributed by atoms with E-state index in [0.717, 1.165) is 42.8 Å². The minimum absolute atomic E-state index is 0.506. The maximum atomic E-state index is 5.22. The molecule has 1 saturated carbocycles. The highest BCUT2D eigenvalue weighted by molar-refractivity contribution is 5.80. The van der Waals surface area contributed by atoms with E-state index in [1.807, 2.05) is 20.9 Å². The molecule has 1 aromatic heterocycles. The lowest BCUT2D eigenvalue weighted by molar-refractivity contribution is 0.275. The minimum atomic E-state index is 0.506. The summed E-state index contributed by atoms with van der Waals surface area (Å²) in [7, 11) is 1.84. The zero-order chi connectivity index (χ0) is 17.6. The molecular weight excluding hydrogens is 314 g/mol. The third-order valence-electron chi connectivity index (χ3n) is 5.68. The summed E-state index contributed by atoms with van der Waals surface area (Å²) in [6, 6.07) is 0.506. The van der Waals surface area contributed by atoms with Crippen LogP contribution in [0.25, 0.3) is 0 Å². The summed E-state index contributed by atoms with van der Waals surface area (Å²) >= 11 is 0. The molecule has 0 aromatic carbocycles. The van der Waals surface area contributed by atoms with Gasteiger partial charge >= 0.3 is 0 Å². The molecule has 1 unspecified atom stereocenters. The summed E-state index contributed by atoms with van der Waals surface area (Å²) in [5.41, 5.74) is 2.19. The Balaban J connectivity index is 1.39. The fraction of sp³-hybridized carbons (Fsp3) is 0.789. The third kappa shape index (κ3) is 4.97. The maximum absolute atomic E-state index is 5.22. The van der Waals surface area contributed by atoms with Crippen molar-refractivity contribution < 1.29 is 4.52 Å². The average molecular weight is 348 g/mol. The number of nitrogens with one attached hydrogen (secondary N) is 2. The molecule has 6 heteroatoms. The molecular formula is C19H33N5O. The van der Waals surface area contributed by atoms with Gasteiger partial charge in [-0.05, 0) is 45.4 Å². The lowest BCUT2D eigenvalue weighted by Crippen LogP contribution is -2.45. The molecule has 2 aliphatic rings. The topological polar surface area (TPSA) is 65.7 Å². The average Bonchev–Trinajstić information content (AvgIpc) is 3.33. The number of rotatable bonds is 6. The summed E-state index contributed by atoms with van der Waals surface area (Å²) < 4.78 is 5.22. The summed E-state index contributed by atoms with van der Waals surface area (Å²) in [5.74, 6) is 2.76. The van der Waals surface area contributed by atoms with Crippen LogP contribution in [0.15, 0.2) is 9.52 Å². The van der Waals surface area contributed by atoms with Crippen molar-refractivity contribution in [3.05, 3.63) is 17.0 Å². The van der Waals surface area contributed by atoms with E-state index in [0.29, 0.717) is 6.04 Å². The van der Waals surface area contributed by atoms with Crippen LogP contribution in [0.5, 0.6) is 0 Å². The Hall–Kier alpha value is -1.56. The highest BCUT2D eigenvalue weighted by Gasteiger charge is 2.26. The van der Waals surface area contributed by atoms with Crippen molar-refractivity contribution in [3.8, 4) is 0 Å². The quantitative estimate of drug-likeness (QED) is 0.610. The fourth-order valence-electron chi connectivity index (χ4n) is 4.23. The number of aromatic nitrogens is 1. The van der Waals surface area contributed by atoms with E-state index < -0.39 is 0 Å². The van der Waals surface area contributed by atoms with E-state index >= 15 is 0 Å². The van der Waals surface area contributed by atoms with Gasteiger partial charge in [0.15, 0.2) is 5.96 Å². The van der Waals surface area contributed by atoms with Crippen LogP contribution in [0.4, 0.5) is 0 Å². The summed E-state index contributed by atoms with van der Waals surface area (Å²) in [5, 5.41) is 11.0. The number of aryl methyl sites for hydroxylation is 2. The first-order valence-electron chi connectivity index (χ1n) is 9.77. The molecule has 0 radical (unpaired) electrons. The van der Waals surface area contributed by atoms with Gasteiger partial charge in [-0.15, -0.1) is 0 Å². The predicted octanol–water partition coefficient (Wildman–Crippen LogP) is 2.26. The molecule has 2 fully saturated rings. The van der Waals surface area contributed by atoms with Crippen LogP contribution in [-0.4, -0.2) is 55.3 Å². The molecule has 1 saturated heterocycles. The SMILES string of the molecule is CN=C(NCCc1c(C)noc1C)NC1CCN(CC2CCCC2)C1. The van der Waals surface area contributed by atoms with Crippen molar-refractivity contribution in [2.45, 2.75) is 58.4 Å². The van der Waals surface area contributed by atoms with E-state index in [2.05, 4.69) is 25.7 Å². The Bertz CT molecular complexity index is 557. The number of nitrogens with zero attached hydrogens (tertiary/aromatic N) is 3. The van der Waals surface area contributed by atoms with E-state index in [9.17, 15) is 0 Å². The van der Waals surface area contributed by atoms with Crippen molar-refractivity contribution >= 4 is 5.96 Å². The lowest BCUT2D eigenvalue weighted by Gasteiger charge is -2.21. The lowest BCUT2D eigenvalue weighted by atomic mass is 10.1. The number of likely N-dealkylation sites (tertiary alicyclic amines) is 1. The molecule has 1 aromatic rings. The Morgan fingerprint density at radius 2 is 2.08 bits per heavy atom. The predicted molar refractivity (Wildman–Crippen MR) is 101 cm³/mol. The number of aliphatic imine (C=N–C) groups is 1. The second-order valence-electron chi connectivity index (χ2n) is 7.59. The molecule has 0 bridgehead atoms. The first kappa shape index (κ1) is 18.2. The van der Waals surface area contributed by atoms with Crippen LogP contribution in [0.1, 0.15) is 49.1 Å². The van der Waals surface area contributed by atoms with Crippen LogP contribution < -0.4 is 10.6 Å². The second-order valence-corrected chi connectivity index (χ2v) is 7.59. The van der Waals surface area contributed by atoms with Crippen LogP contribution in [0.3, 0.4) is 0 Å². The molecule has 3 rings (SSSR count). The molecule has 1 aliphatic carbocycles. The highest BCUT2D eigenvalue weighted by Crippen LogP contribution is 2.26. The summed E-state index contributed by atoms with van der Waals surface area (Å²) in [6.07, 6.45) is 7.83. The Morgan fingerprint density at radius 1 is 1.28 bits per heavy atom. The monoisotopic (exact) mass is 347 g/mol. The Labute approximate surface area is 151 Å². The van der Waals surface area contributed by atoms with Crippen LogP contribution in [-0.2, 0) is 6.42 Å². The zero-order valence-electron chi connectivity index (χ0n) is 16.0. The Morgan fingerprint density at radius 3 is 2.76 bits per heavy atom. The van der Waals surface area contributed by atoms with Gasteiger partial charge in [0.2, 0.25) is 0 Å². The van der Waals surface area contributed by atoms with E-state index in [4.69, 9.17) is 4.52 Å². The van der Waals surface area contributed by atoms with Crippen molar-refractivity contribution in [1.29, 1.82) is 0 Å². The summed E-state index contributed by atoms with van der Waals surface area (Å²) in [4.78, 5) is 7.01. The standard InChI is InChI=1S/C19H33N5O/c1-14-18(15(2)25-23-14)8-10-21-19(20-3)22-17-9-11-24(13-17)12-16-6-4-5-7-16/h16-17H,4-13H2,1-3H3,(H2,20,21,22). The number of guanidine groups is 1. The van der Waals surface area contributed by atoms with Gasteiger partial charge in [-0.2, -0.15) is 0 Å². The van der Waals surface area contributed by atoms with Gasteiger partial charge in [-0.3, -0.25) is 4.99 Å². The van der Waals surface area contributed by atoms with Crippen LogP contribution in [0.2, 0.25) is 0 Å². The van der Waals surface area contributed by atoms with E-state index in [1.165, 1.54) is 50.8 Å².